The van der Waals surface area contributed by atoms with Crippen molar-refractivity contribution in [1.29, 1.82) is 0 Å². The summed E-state index contributed by atoms with van der Waals surface area (Å²) in [7, 11) is -9.42. The Bertz CT molecular complexity index is 288. The fraction of sp³-hybridized carbons (Fsp3) is 1.00. The molecule has 0 rings (SSSR count). The molecule has 0 aromatic heterocycles. The predicted octanol–water partition coefficient (Wildman–Crippen LogP) is -3.39. The zero-order valence-electron chi connectivity index (χ0n) is 7.63. The van der Waals surface area contributed by atoms with Gasteiger partial charge in [-0.25, -0.2) is 0 Å². The summed E-state index contributed by atoms with van der Waals surface area (Å²) >= 11 is 0. The van der Waals surface area contributed by atoms with Gasteiger partial charge < -0.3 is 1.43 Å². The summed E-state index contributed by atoms with van der Waals surface area (Å²) in [5.74, 6) is 0. The fourth-order valence-electron chi connectivity index (χ4n) is 0.575. The van der Waals surface area contributed by atoms with Crippen LogP contribution in [0.15, 0.2) is 0 Å². The minimum Gasteiger partial charge on any atom is -1.00 e. The van der Waals surface area contributed by atoms with Crippen molar-refractivity contribution in [3.63, 3.8) is 0 Å². The van der Waals surface area contributed by atoms with Gasteiger partial charge in [0.25, 0.3) is 20.2 Å². The van der Waals surface area contributed by atoms with Crippen molar-refractivity contribution in [2.75, 3.05) is 0 Å². The van der Waals surface area contributed by atoms with E-state index in [9.17, 15) is 16.8 Å². The minimum atomic E-state index is -4.71. The van der Waals surface area contributed by atoms with E-state index in [2.05, 4.69) is 0 Å². The second-order valence-corrected chi connectivity index (χ2v) is 5.36. The maximum absolute atomic E-state index is 10.2. The van der Waals surface area contributed by atoms with Gasteiger partial charge in [0.15, 0.2) is 0 Å². The van der Waals surface area contributed by atoms with Crippen LogP contribution in [0.25, 0.3) is 0 Å². The van der Waals surface area contributed by atoms with Crippen LogP contribution in [0.5, 0.6) is 0 Å². The first-order valence-electron chi connectivity index (χ1n) is 2.62. The first-order chi connectivity index (χ1) is 4.69. The van der Waals surface area contributed by atoms with Crippen molar-refractivity contribution in [3.8, 4) is 0 Å². The Hall–Kier alpha value is 1.46. The van der Waals surface area contributed by atoms with Crippen LogP contribution in [0.1, 0.15) is 14.8 Å². The summed E-state index contributed by atoms with van der Waals surface area (Å²) in [6, 6.07) is 0. The molecule has 70 valence electrons. The van der Waals surface area contributed by atoms with Crippen molar-refractivity contribution in [2.45, 2.75) is 17.9 Å². The first kappa shape index (κ1) is 15.9. The predicted molar refractivity (Wildman–Crippen MR) is 38.3 cm³/mol. The Morgan fingerprint density at radius 1 is 1.17 bits per heavy atom. The van der Waals surface area contributed by atoms with Crippen LogP contribution in [0, 0.1) is 0 Å². The molecule has 0 aromatic carbocycles. The van der Waals surface area contributed by atoms with Crippen LogP contribution in [0.3, 0.4) is 0 Å². The molecule has 0 aromatic rings. The number of hydrogen-bond acceptors (Lipinski definition) is 4. The summed E-state index contributed by atoms with van der Waals surface area (Å²) in [6.07, 6.45) is -0.391. The molecule has 9 heteroatoms. The van der Waals surface area contributed by atoms with Crippen LogP contribution in [-0.4, -0.2) is 30.5 Å². The quantitative estimate of drug-likeness (QED) is 0.396. The maximum atomic E-state index is 10.2. The molecule has 0 heterocycles. The second-order valence-electron chi connectivity index (χ2n) is 1.87. The number of rotatable bonds is 3. The van der Waals surface area contributed by atoms with E-state index in [1.807, 2.05) is 0 Å². The van der Waals surface area contributed by atoms with E-state index in [1.54, 1.807) is 0 Å². The molecule has 6 nitrogen and oxygen atoms in total. The molecule has 0 radical (unpaired) electrons. The van der Waals surface area contributed by atoms with Gasteiger partial charge in [0.1, 0.15) is 0 Å². The molecule has 12 heavy (non-hydrogen) atoms. The van der Waals surface area contributed by atoms with Crippen molar-refractivity contribution in [3.05, 3.63) is 0 Å². The minimum absolute atomic E-state index is 0. The molecule has 0 atom stereocenters. The van der Waals surface area contributed by atoms with Gasteiger partial charge >= 0.3 is 51.4 Å². The average Bonchev–Trinajstić information content (AvgIpc) is 1.56. The molecule has 0 saturated carbocycles. The smallest absolute Gasteiger partial charge is 1.00 e. The Labute approximate surface area is 115 Å². The van der Waals surface area contributed by atoms with E-state index in [-0.39, 0.29) is 52.8 Å². The Morgan fingerprint density at radius 3 is 1.42 bits per heavy atom. The van der Waals surface area contributed by atoms with Crippen molar-refractivity contribution in [1.82, 2.24) is 0 Å². The summed E-state index contributed by atoms with van der Waals surface area (Å²) < 4.78 is 55.3. The summed E-state index contributed by atoms with van der Waals surface area (Å²) in [6.45, 7) is 1.21. The van der Waals surface area contributed by atoms with Crippen molar-refractivity contribution in [2.24, 2.45) is 0 Å². The Balaban J connectivity index is -0.000000500. The second kappa shape index (κ2) is 5.37. The Morgan fingerprint density at radius 2 is 1.42 bits per heavy atom. The normalized spacial score (nSPS) is 12.7. The van der Waals surface area contributed by atoms with E-state index in [1.165, 1.54) is 6.92 Å². The van der Waals surface area contributed by atoms with Gasteiger partial charge in [-0.1, -0.05) is 6.92 Å². The van der Waals surface area contributed by atoms with E-state index < -0.39 is 31.2 Å². The molecule has 0 spiro atoms. The van der Waals surface area contributed by atoms with Crippen molar-refractivity contribution >= 4 is 20.2 Å². The molecule has 0 aliphatic heterocycles. The zero-order valence-corrected chi connectivity index (χ0v) is 11.4. The average molecular weight is 244 g/mol. The van der Waals surface area contributed by atoms with Gasteiger partial charge in [-0.05, 0) is 6.42 Å². The van der Waals surface area contributed by atoms with E-state index in [0.717, 1.165) is 0 Å². The molecular weight excluding hydrogens is 235 g/mol. The molecule has 0 saturated heterocycles. The maximum Gasteiger partial charge on any atom is 1.00 e. The summed E-state index contributed by atoms with van der Waals surface area (Å²) in [5, 5.41) is 0. The van der Waals surface area contributed by atoms with Crippen LogP contribution in [0.2, 0.25) is 0 Å². The molecule has 0 fully saturated rings. The van der Waals surface area contributed by atoms with Gasteiger partial charge in [-0.3, -0.25) is 9.11 Å². The topological polar surface area (TPSA) is 109 Å². The zero-order chi connectivity index (χ0) is 9.28. The molecule has 0 aliphatic carbocycles. The standard InChI is InChI=1S/C3H8O6S2.K.H/c1-2-3(10(4,5)6)11(7,8)9;;/h3H,2H2,1H3,(H,4,5,6)(H,7,8,9);;/q;+1;-1. The molecule has 0 amide bonds. The van der Waals surface area contributed by atoms with Gasteiger partial charge in [-0.15, -0.1) is 0 Å². The van der Waals surface area contributed by atoms with Crippen molar-refractivity contribution < 1.29 is 78.8 Å². The van der Waals surface area contributed by atoms with E-state index >= 15 is 0 Å². The van der Waals surface area contributed by atoms with E-state index in [0.29, 0.717) is 0 Å². The summed E-state index contributed by atoms with van der Waals surface area (Å²) in [5.41, 5.74) is 0. The van der Waals surface area contributed by atoms with E-state index in [4.69, 9.17) is 9.11 Å². The Kier molecular flexibility index (Phi) is 7.11. The van der Waals surface area contributed by atoms with Crippen LogP contribution < -0.4 is 51.4 Å². The third-order valence-corrected chi connectivity index (χ3v) is 4.45. The molecular formula is C3H9KO6S2. The first-order valence-corrected chi connectivity index (χ1v) is 5.63. The van der Waals surface area contributed by atoms with Gasteiger partial charge in [0, 0.05) is 0 Å². The van der Waals surface area contributed by atoms with Gasteiger partial charge in [-0.2, -0.15) is 16.8 Å². The molecule has 0 unspecified atom stereocenters. The monoisotopic (exact) mass is 244 g/mol. The summed E-state index contributed by atoms with van der Waals surface area (Å²) in [4.78, 5) is 0. The molecule has 0 bridgehead atoms. The number of hydrogen-bond donors (Lipinski definition) is 2. The fourth-order valence-corrected chi connectivity index (χ4v) is 2.65. The van der Waals surface area contributed by atoms with Crippen LogP contribution >= 0.6 is 0 Å². The van der Waals surface area contributed by atoms with Crippen LogP contribution in [0.4, 0.5) is 0 Å². The third-order valence-electron chi connectivity index (χ3n) is 0.998. The molecule has 0 aliphatic rings. The largest absolute Gasteiger partial charge is 1.00 e. The molecule has 2 N–H and O–H groups in total. The van der Waals surface area contributed by atoms with Crippen LogP contribution in [-0.2, 0) is 20.2 Å². The third kappa shape index (κ3) is 5.24. The van der Waals surface area contributed by atoms with Gasteiger partial charge in [0.2, 0.25) is 4.58 Å². The van der Waals surface area contributed by atoms with Gasteiger partial charge in [0.05, 0.1) is 0 Å². The SMILES string of the molecule is CCC(S(=O)(=O)O)S(=O)(=O)O.[H-].[K+].